The molecule has 0 bridgehead atoms. The highest BCUT2D eigenvalue weighted by Gasteiger charge is 2.14. The van der Waals surface area contributed by atoms with Crippen molar-refractivity contribution in [1.29, 1.82) is 0 Å². The van der Waals surface area contributed by atoms with Gasteiger partial charge in [-0.05, 0) is 36.0 Å². The van der Waals surface area contributed by atoms with E-state index < -0.39 is 0 Å². The van der Waals surface area contributed by atoms with Crippen LogP contribution in [0.1, 0.15) is 19.4 Å². The fourth-order valence-corrected chi connectivity index (χ4v) is 1.86. The molecule has 0 fully saturated rings. The van der Waals surface area contributed by atoms with Crippen molar-refractivity contribution in [1.82, 2.24) is 0 Å². The molecule has 0 saturated carbocycles. The molecule has 1 aromatic rings. The van der Waals surface area contributed by atoms with Crippen molar-refractivity contribution in [2.24, 2.45) is 11.8 Å². The summed E-state index contributed by atoms with van der Waals surface area (Å²) in [5.74, 6) is 1.47. The number of ether oxygens (including phenoxy) is 1. The lowest BCUT2D eigenvalue weighted by atomic mass is 9.90. The molecule has 0 heterocycles. The molecule has 16 heavy (non-hydrogen) atoms. The molecular formula is C13H19ClO2. The second-order valence-electron chi connectivity index (χ2n) is 4.35. The topological polar surface area (TPSA) is 29.5 Å². The fourth-order valence-electron chi connectivity index (χ4n) is 1.61. The van der Waals surface area contributed by atoms with Crippen molar-refractivity contribution in [2.75, 3.05) is 13.7 Å². The van der Waals surface area contributed by atoms with Crippen molar-refractivity contribution in [3.05, 3.63) is 28.8 Å². The van der Waals surface area contributed by atoms with E-state index in [2.05, 4.69) is 13.8 Å². The van der Waals surface area contributed by atoms with Crippen molar-refractivity contribution in [3.8, 4) is 5.75 Å². The Morgan fingerprint density at radius 3 is 2.50 bits per heavy atom. The maximum absolute atomic E-state index is 9.28. The first-order valence-corrected chi connectivity index (χ1v) is 5.89. The first-order valence-electron chi connectivity index (χ1n) is 5.51. The third-order valence-electron chi connectivity index (χ3n) is 2.92. The van der Waals surface area contributed by atoms with Gasteiger partial charge in [-0.2, -0.15) is 0 Å². The number of methoxy groups -OCH3 is 1. The first-order chi connectivity index (χ1) is 7.58. The number of rotatable bonds is 5. The molecule has 1 atom stereocenters. The zero-order chi connectivity index (χ0) is 12.1. The van der Waals surface area contributed by atoms with E-state index in [-0.39, 0.29) is 12.5 Å². The molecule has 0 aliphatic carbocycles. The van der Waals surface area contributed by atoms with Crippen molar-refractivity contribution < 1.29 is 9.84 Å². The quantitative estimate of drug-likeness (QED) is 0.860. The van der Waals surface area contributed by atoms with Gasteiger partial charge in [-0.3, -0.25) is 0 Å². The maximum atomic E-state index is 9.28. The van der Waals surface area contributed by atoms with Gasteiger partial charge >= 0.3 is 0 Å². The lowest BCUT2D eigenvalue weighted by Gasteiger charge is -2.19. The van der Waals surface area contributed by atoms with Gasteiger partial charge in [0.15, 0.2) is 0 Å². The van der Waals surface area contributed by atoms with Crippen LogP contribution in [-0.2, 0) is 6.42 Å². The SMILES string of the molecule is COc1ccc(CC(CO)C(C)C)c(Cl)c1. The van der Waals surface area contributed by atoms with Crippen LogP contribution in [0.2, 0.25) is 5.02 Å². The normalized spacial score (nSPS) is 12.9. The molecule has 90 valence electrons. The van der Waals surface area contributed by atoms with E-state index in [1.54, 1.807) is 7.11 Å². The van der Waals surface area contributed by atoms with Crippen LogP contribution < -0.4 is 4.74 Å². The van der Waals surface area contributed by atoms with Crippen LogP contribution in [0.3, 0.4) is 0 Å². The highest BCUT2D eigenvalue weighted by molar-refractivity contribution is 6.31. The standard InChI is InChI=1S/C13H19ClO2/c1-9(2)11(8-15)6-10-4-5-12(16-3)7-13(10)14/h4-5,7,9,11,15H,6,8H2,1-3H3. The second-order valence-corrected chi connectivity index (χ2v) is 4.76. The Bertz CT molecular complexity index is 337. The summed E-state index contributed by atoms with van der Waals surface area (Å²) in [6.45, 7) is 4.41. The molecule has 1 aromatic carbocycles. The molecule has 0 amide bonds. The van der Waals surface area contributed by atoms with Gasteiger partial charge in [-0.25, -0.2) is 0 Å². The Balaban J connectivity index is 2.80. The summed E-state index contributed by atoms with van der Waals surface area (Å²) in [6, 6.07) is 5.67. The molecule has 0 radical (unpaired) electrons. The minimum atomic E-state index is 0.194. The van der Waals surface area contributed by atoms with Gasteiger partial charge in [-0.15, -0.1) is 0 Å². The number of benzene rings is 1. The monoisotopic (exact) mass is 242 g/mol. The van der Waals surface area contributed by atoms with E-state index in [0.717, 1.165) is 17.7 Å². The molecule has 0 aromatic heterocycles. The highest BCUT2D eigenvalue weighted by Crippen LogP contribution is 2.26. The number of halogens is 1. The zero-order valence-electron chi connectivity index (χ0n) is 10.0. The number of hydrogen-bond acceptors (Lipinski definition) is 2. The number of aliphatic hydroxyl groups excluding tert-OH is 1. The first kappa shape index (κ1) is 13.3. The summed E-state index contributed by atoms with van der Waals surface area (Å²) in [5, 5.41) is 9.99. The smallest absolute Gasteiger partial charge is 0.120 e. The minimum Gasteiger partial charge on any atom is -0.497 e. The molecule has 1 unspecified atom stereocenters. The van der Waals surface area contributed by atoms with Gasteiger partial charge in [0.1, 0.15) is 5.75 Å². The minimum absolute atomic E-state index is 0.194. The van der Waals surface area contributed by atoms with Gasteiger partial charge < -0.3 is 9.84 Å². The summed E-state index contributed by atoms with van der Waals surface area (Å²) in [4.78, 5) is 0. The van der Waals surface area contributed by atoms with E-state index in [9.17, 15) is 5.11 Å². The van der Waals surface area contributed by atoms with Crippen LogP contribution in [0.4, 0.5) is 0 Å². The van der Waals surface area contributed by atoms with Crippen LogP contribution in [-0.4, -0.2) is 18.8 Å². The third-order valence-corrected chi connectivity index (χ3v) is 3.27. The predicted molar refractivity (Wildman–Crippen MR) is 67.1 cm³/mol. The van der Waals surface area contributed by atoms with Crippen LogP contribution in [0, 0.1) is 11.8 Å². The van der Waals surface area contributed by atoms with E-state index in [1.807, 2.05) is 18.2 Å². The van der Waals surface area contributed by atoms with Crippen LogP contribution in [0.15, 0.2) is 18.2 Å². The summed E-state index contributed by atoms with van der Waals surface area (Å²) in [7, 11) is 1.62. The summed E-state index contributed by atoms with van der Waals surface area (Å²) >= 11 is 6.15. The van der Waals surface area contributed by atoms with E-state index in [4.69, 9.17) is 16.3 Å². The molecule has 0 spiro atoms. The number of hydrogen-bond donors (Lipinski definition) is 1. The maximum Gasteiger partial charge on any atom is 0.120 e. The van der Waals surface area contributed by atoms with Crippen LogP contribution in [0.25, 0.3) is 0 Å². The van der Waals surface area contributed by atoms with Crippen LogP contribution >= 0.6 is 11.6 Å². The Kier molecular flexibility index (Phi) is 5.10. The van der Waals surface area contributed by atoms with Gasteiger partial charge in [0.05, 0.1) is 7.11 Å². The Morgan fingerprint density at radius 2 is 2.06 bits per heavy atom. The Morgan fingerprint density at radius 1 is 1.38 bits per heavy atom. The van der Waals surface area contributed by atoms with Crippen molar-refractivity contribution >= 4 is 11.6 Å². The van der Waals surface area contributed by atoms with E-state index in [0.29, 0.717) is 10.9 Å². The molecule has 0 saturated heterocycles. The highest BCUT2D eigenvalue weighted by atomic mass is 35.5. The summed E-state index contributed by atoms with van der Waals surface area (Å²) < 4.78 is 5.09. The zero-order valence-corrected chi connectivity index (χ0v) is 10.8. The molecule has 1 rings (SSSR count). The summed E-state index contributed by atoms with van der Waals surface area (Å²) in [5.41, 5.74) is 1.07. The molecule has 2 nitrogen and oxygen atoms in total. The Labute approximate surface area is 102 Å². The molecule has 0 aliphatic rings. The predicted octanol–water partition coefficient (Wildman–Crippen LogP) is 3.16. The van der Waals surface area contributed by atoms with E-state index in [1.165, 1.54) is 0 Å². The Hall–Kier alpha value is -0.730. The third kappa shape index (κ3) is 3.39. The lowest BCUT2D eigenvalue weighted by molar-refractivity contribution is 0.189. The number of aliphatic hydroxyl groups is 1. The van der Waals surface area contributed by atoms with Gasteiger partial charge in [0.2, 0.25) is 0 Å². The van der Waals surface area contributed by atoms with E-state index >= 15 is 0 Å². The largest absolute Gasteiger partial charge is 0.497 e. The second kappa shape index (κ2) is 6.12. The molecule has 1 N–H and O–H groups in total. The van der Waals surface area contributed by atoms with Crippen molar-refractivity contribution in [3.63, 3.8) is 0 Å². The van der Waals surface area contributed by atoms with Gasteiger partial charge in [0, 0.05) is 11.6 Å². The van der Waals surface area contributed by atoms with Crippen molar-refractivity contribution in [2.45, 2.75) is 20.3 Å². The fraction of sp³-hybridized carbons (Fsp3) is 0.538. The average Bonchev–Trinajstić information content (AvgIpc) is 2.26. The molecule has 3 heteroatoms. The van der Waals surface area contributed by atoms with Gasteiger partial charge in [-0.1, -0.05) is 31.5 Å². The van der Waals surface area contributed by atoms with Crippen LogP contribution in [0.5, 0.6) is 5.75 Å². The summed E-state index contributed by atoms with van der Waals surface area (Å²) in [6.07, 6.45) is 0.803. The molecular weight excluding hydrogens is 224 g/mol. The van der Waals surface area contributed by atoms with Gasteiger partial charge in [0.25, 0.3) is 0 Å². The average molecular weight is 243 g/mol. The lowest BCUT2D eigenvalue weighted by Crippen LogP contribution is -2.16. The molecule has 0 aliphatic heterocycles.